The van der Waals surface area contributed by atoms with Crippen molar-refractivity contribution in [2.45, 2.75) is 36.7 Å². The van der Waals surface area contributed by atoms with Gasteiger partial charge in [-0.1, -0.05) is 12.1 Å². The van der Waals surface area contributed by atoms with Crippen LogP contribution in [0.4, 0.5) is 4.39 Å². The molecule has 23 heavy (non-hydrogen) atoms. The summed E-state index contributed by atoms with van der Waals surface area (Å²) in [5.41, 5.74) is 0. The Morgan fingerprint density at radius 2 is 2.00 bits per heavy atom. The molecule has 1 saturated carbocycles. The molecule has 0 N–H and O–H groups in total. The SMILES string of the molecule is COC(=O)C1CC(Oc2ccccc2F)CN1S(=O)(=O)C1CC1. The molecule has 1 aromatic rings. The van der Waals surface area contributed by atoms with Gasteiger partial charge in [0, 0.05) is 6.42 Å². The quantitative estimate of drug-likeness (QED) is 0.754. The number of benzene rings is 1. The van der Waals surface area contributed by atoms with Crippen molar-refractivity contribution in [3.63, 3.8) is 0 Å². The largest absolute Gasteiger partial charge is 0.486 e. The van der Waals surface area contributed by atoms with E-state index >= 15 is 0 Å². The molecule has 0 spiro atoms. The van der Waals surface area contributed by atoms with Gasteiger partial charge in [0.15, 0.2) is 11.6 Å². The Balaban J connectivity index is 1.80. The molecule has 0 aromatic heterocycles. The van der Waals surface area contributed by atoms with E-state index in [1.54, 1.807) is 6.07 Å². The van der Waals surface area contributed by atoms with E-state index in [9.17, 15) is 17.6 Å². The minimum atomic E-state index is -3.55. The average Bonchev–Trinajstić information content (AvgIpc) is 3.30. The number of carbonyl (C=O) groups is 1. The maximum absolute atomic E-state index is 13.7. The molecule has 1 aliphatic carbocycles. The van der Waals surface area contributed by atoms with Gasteiger partial charge in [-0.25, -0.2) is 12.8 Å². The van der Waals surface area contributed by atoms with Gasteiger partial charge in [-0.3, -0.25) is 4.79 Å². The van der Waals surface area contributed by atoms with Crippen LogP contribution in [0.2, 0.25) is 0 Å². The van der Waals surface area contributed by atoms with Crippen molar-refractivity contribution in [1.29, 1.82) is 0 Å². The van der Waals surface area contributed by atoms with Gasteiger partial charge in [0.2, 0.25) is 10.0 Å². The molecule has 1 aliphatic heterocycles. The van der Waals surface area contributed by atoms with E-state index in [1.807, 2.05) is 0 Å². The molecule has 1 aromatic carbocycles. The van der Waals surface area contributed by atoms with Crippen LogP contribution in [0, 0.1) is 5.82 Å². The molecule has 126 valence electrons. The smallest absolute Gasteiger partial charge is 0.324 e. The molecule has 0 radical (unpaired) electrons. The Kier molecular flexibility index (Phi) is 4.29. The molecule has 6 nitrogen and oxygen atoms in total. The number of esters is 1. The third-order valence-corrected chi connectivity index (χ3v) is 6.46. The van der Waals surface area contributed by atoms with Crippen LogP contribution in [0.5, 0.6) is 5.75 Å². The molecule has 2 aliphatic rings. The van der Waals surface area contributed by atoms with Crippen LogP contribution in [0.25, 0.3) is 0 Å². The number of nitrogens with zero attached hydrogens (tertiary/aromatic N) is 1. The fourth-order valence-corrected chi connectivity index (χ4v) is 4.78. The Morgan fingerprint density at radius 3 is 2.61 bits per heavy atom. The van der Waals surface area contributed by atoms with Crippen LogP contribution in [-0.4, -0.2) is 49.7 Å². The lowest BCUT2D eigenvalue weighted by molar-refractivity contribution is -0.144. The molecular formula is C15H18FNO5S. The summed E-state index contributed by atoms with van der Waals surface area (Å²) in [6.07, 6.45) is 0.758. The average molecular weight is 343 g/mol. The normalized spacial score (nSPS) is 25.3. The maximum Gasteiger partial charge on any atom is 0.324 e. The van der Waals surface area contributed by atoms with Crippen LogP contribution < -0.4 is 4.74 Å². The van der Waals surface area contributed by atoms with Gasteiger partial charge in [0.05, 0.1) is 18.9 Å². The molecule has 1 saturated heterocycles. The molecule has 3 rings (SSSR count). The fraction of sp³-hybridized carbons (Fsp3) is 0.533. The van der Waals surface area contributed by atoms with E-state index in [-0.39, 0.29) is 18.7 Å². The predicted molar refractivity (Wildman–Crippen MR) is 79.9 cm³/mol. The zero-order valence-electron chi connectivity index (χ0n) is 12.6. The minimum Gasteiger partial charge on any atom is -0.486 e. The number of sulfonamides is 1. The summed E-state index contributed by atoms with van der Waals surface area (Å²) in [7, 11) is -2.33. The number of hydrogen-bond acceptors (Lipinski definition) is 5. The topological polar surface area (TPSA) is 72.9 Å². The van der Waals surface area contributed by atoms with Gasteiger partial charge in [-0.2, -0.15) is 4.31 Å². The molecule has 0 bridgehead atoms. The van der Waals surface area contributed by atoms with Gasteiger partial charge in [-0.15, -0.1) is 0 Å². The standard InChI is InChI=1S/C15H18FNO5S/c1-21-15(18)13-8-10(22-14-5-3-2-4-12(14)16)9-17(13)23(19,20)11-6-7-11/h2-5,10-11,13H,6-9H2,1H3. The lowest BCUT2D eigenvalue weighted by Crippen LogP contribution is -2.42. The van der Waals surface area contributed by atoms with E-state index in [4.69, 9.17) is 9.47 Å². The van der Waals surface area contributed by atoms with Crippen LogP contribution in [-0.2, 0) is 19.6 Å². The summed E-state index contributed by atoms with van der Waals surface area (Å²) < 4.78 is 50.1. The molecule has 2 atom stereocenters. The first kappa shape index (κ1) is 16.2. The van der Waals surface area contributed by atoms with Gasteiger partial charge in [0.25, 0.3) is 0 Å². The monoisotopic (exact) mass is 343 g/mol. The number of ether oxygens (including phenoxy) is 2. The minimum absolute atomic E-state index is 0.0208. The number of rotatable bonds is 5. The Morgan fingerprint density at radius 1 is 1.30 bits per heavy atom. The number of para-hydroxylation sites is 1. The van der Waals surface area contributed by atoms with Gasteiger partial charge in [0.1, 0.15) is 12.1 Å². The van der Waals surface area contributed by atoms with E-state index in [2.05, 4.69) is 0 Å². The summed E-state index contributed by atoms with van der Waals surface area (Å²) in [6, 6.07) is 4.99. The van der Waals surface area contributed by atoms with Crippen molar-refractivity contribution in [3.05, 3.63) is 30.1 Å². The Labute approximate surface area is 134 Å². The highest BCUT2D eigenvalue weighted by Crippen LogP contribution is 2.36. The fourth-order valence-electron chi connectivity index (χ4n) is 2.76. The highest BCUT2D eigenvalue weighted by molar-refractivity contribution is 7.90. The van der Waals surface area contributed by atoms with Gasteiger partial charge >= 0.3 is 5.97 Å². The molecule has 8 heteroatoms. The highest BCUT2D eigenvalue weighted by Gasteiger charge is 2.50. The van der Waals surface area contributed by atoms with Crippen molar-refractivity contribution in [3.8, 4) is 5.75 Å². The van der Waals surface area contributed by atoms with Crippen LogP contribution in [0.3, 0.4) is 0 Å². The number of methoxy groups -OCH3 is 1. The summed E-state index contributed by atoms with van der Waals surface area (Å²) >= 11 is 0. The van der Waals surface area contributed by atoms with E-state index < -0.39 is 39.2 Å². The zero-order chi connectivity index (χ0) is 16.6. The van der Waals surface area contributed by atoms with Crippen LogP contribution in [0.15, 0.2) is 24.3 Å². The van der Waals surface area contributed by atoms with Gasteiger partial charge in [-0.05, 0) is 25.0 Å². The van der Waals surface area contributed by atoms with Crippen molar-refractivity contribution in [1.82, 2.24) is 4.31 Å². The molecular weight excluding hydrogens is 325 g/mol. The number of hydrogen-bond donors (Lipinski definition) is 0. The van der Waals surface area contributed by atoms with E-state index in [1.165, 1.54) is 25.3 Å². The second-order valence-electron chi connectivity index (χ2n) is 5.76. The van der Waals surface area contributed by atoms with Crippen molar-refractivity contribution >= 4 is 16.0 Å². The lowest BCUT2D eigenvalue weighted by Gasteiger charge is -2.21. The van der Waals surface area contributed by atoms with Crippen LogP contribution in [0.1, 0.15) is 19.3 Å². The van der Waals surface area contributed by atoms with E-state index in [0.717, 1.165) is 4.31 Å². The number of carbonyl (C=O) groups excluding carboxylic acids is 1. The second kappa shape index (κ2) is 6.09. The van der Waals surface area contributed by atoms with Crippen molar-refractivity contribution in [2.24, 2.45) is 0 Å². The van der Waals surface area contributed by atoms with Crippen molar-refractivity contribution < 1.29 is 27.1 Å². The summed E-state index contributed by atoms with van der Waals surface area (Å²) in [5, 5.41) is -0.429. The Bertz CT molecular complexity index is 704. The first-order valence-corrected chi connectivity index (χ1v) is 8.93. The van der Waals surface area contributed by atoms with Crippen LogP contribution >= 0.6 is 0 Å². The first-order valence-electron chi connectivity index (χ1n) is 7.43. The number of halogens is 1. The first-order chi connectivity index (χ1) is 10.9. The second-order valence-corrected chi connectivity index (χ2v) is 7.92. The zero-order valence-corrected chi connectivity index (χ0v) is 13.5. The summed E-state index contributed by atoms with van der Waals surface area (Å²) in [6.45, 7) is 0.0208. The third kappa shape index (κ3) is 3.18. The lowest BCUT2D eigenvalue weighted by atomic mass is 10.2. The highest BCUT2D eigenvalue weighted by atomic mass is 32.2. The molecule has 0 amide bonds. The van der Waals surface area contributed by atoms with E-state index in [0.29, 0.717) is 12.8 Å². The van der Waals surface area contributed by atoms with Gasteiger partial charge < -0.3 is 9.47 Å². The molecule has 2 fully saturated rings. The maximum atomic E-state index is 13.7. The summed E-state index contributed by atoms with van der Waals surface area (Å²) in [5.74, 6) is -1.09. The molecule has 1 heterocycles. The summed E-state index contributed by atoms with van der Waals surface area (Å²) in [4.78, 5) is 11.9. The predicted octanol–water partition coefficient (Wildman–Crippen LogP) is 1.31. The molecule has 2 unspecified atom stereocenters. The van der Waals surface area contributed by atoms with Crippen molar-refractivity contribution in [2.75, 3.05) is 13.7 Å². The Hall–Kier alpha value is -1.67. The third-order valence-electron chi connectivity index (χ3n) is 4.09.